The Morgan fingerprint density at radius 3 is 2.38 bits per heavy atom. The molecule has 0 heterocycles. The number of aliphatic carboxylic acids is 1. The molecule has 0 bridgehead atoms. The lowest BCUT2D eigenvalue weighted by atomic mass is 9.94. The van der Waals surface area contributed by atoms with Gasteiger partial charge in [0.25, 0.3) is 5.69 Å². The molecule has 86 valence electrons. The number of carboxylic acid groups (broad SMARTS) is 1. The van der Waals surface area contributed by atoms with Gasteiger partial charge in [-0.2, -0.15) is 0 Å². The number of rotatable bonds is 4. The molecule has 0 fully saturated rings. The third-order valence-electron chi connectivity index (χ3n) is 2.21. The van der Waals surface area contributed by atoms with Gasteiger partial charge in [0, 0.05) is 18.6 Å². The zero-order valence-corrected chi connectivity index (χ0v) is 8.71. The van der Waals surface area contributed by atoms with Crippen molar-refractivity contribution in [2.24, 2.45) is 5.73 Å². The minimum Gasteiger partial charge on any atom is -0.480 e. The van der Waals surface area contributed by atoms with Gasteiger partial charge in [-0.1, -0.05) is 12.1 Å². The number of nitrogens with two attached hydrogens (primary N) is 1. The Kier molecular flexibility index (Phi) is 3.24. The lowest BCUT2D eigenvalue weighted by Crippen LogP contribution is -2.46. The van der Waals surface area contributed by atoms with E-state index in [1.165, 1.54) is 31.2 Å². The van der Waals surface area contributed by atoms with Crippen LogP contribution < -0.4 is 5.73 Å². The summed E-state index contributed by atoms with van der Waals surface area (Å²) in [4.78, 5) is 20.6. The summed E-state index contributed by atoms with van der Waals surface area (Å²) in [6.45, 7) is 1.40. The number of carbonyl (C=O) groups is 1. The lowest BCUT2D eigenvalue weighted by Gasteiger charge is -2.18. The Labute approximate surface area is 91.8 Å². The number of non-ortho nitro benzene ring substituents is 1. The molecular weight excluding hydrogens is 212 g/mol. The Morgan fingerprint density at radius 2 is 2.00 bits per heavy atom. The number of hydrogen-bond donors (Lipinski definition) is 2. The molecule has 6 nitrogen and oxygen atoms in total. The number of hydrogen-bond acceptors (Lipinski definition) is 4. The summed E-state index contributed by atoms with van der Waals surface area (Å²) in [7, 11) is 0. The Bertz CT molecular complexity index is 411. The molecule has 0 unspecified atom stereocenters. The van der Waals surface area contributed by atoms with E-state index in [1.807, 2.05) is 0 Å². The van der Waals surface area contributed by atoms with E-state index in [2.05, 4.69) is 0 Å². The molecule has 0 saturated carbocycles. The lowest BCUT2D eigenvalue weighted by molar-refractivity contribution is -0.384. The standard InChI is InChI=1S/C10H12N2O4/c1-10(11,9(13)14)6-7-2-4-8(5-3-7)12(15)16/h2-5H,6,11H2,1H3,(H,13,14)/t10-/m1/s1. The topological polar surface area (TPSA) is 106 Å². The van der Waals surface area contributed by atoms with Crippen LogP contribution in [0.15, 0.2) is 24.3 Å². The van der Waals surface area contributed by atoms with E-state index in [1.54, 1.807) is 0 Å². The molecule has 0 radical (unpaired) electrons. The molecule has 1 atom stereocenters. The van der Waals surface area contributed by atoms with Gasteiger partial charge in [0.05, 0.1) is 4.92 Å². The maximum Gasteiger partial charge on any atom is 0.323 e. The van der Waals surface area contributed by atoms with Crippen molar-refractivity contribution in [3.05, 3.63) is 39.9 Å². The van der Waals surface area contributed by atoms with Gasteiger partial charge < -0.3 is 10.8 Å². The van der Waals surface area contributed by atoms with Crippen molar-refractivity contribution in [3.63, 3.8) is 0 Å². The van der Waals surface area contributed by atoms with E-state index in [-0.39, 0.29) is 12.1 Å². The van der Waals surface area contributed by atoms with Crippen molar-refractivity contribution >= 4 is 11.7 Å². The molecule has 1 aromatic rings. The summed E-state index contributed by atoms with van der Waals surface area (Å²) in [5.41, 5.74) is 4.81. The third-order valence-corrected chi connectivity index (χ3v) is 2.21. The fourth-order valence-corrected chi connectivity index (χ4v) is 1.24. The highest BCUT2D eigenvalue weighted by atomic mass is 16.6. The summed E-state index contributed by atoms with van der Waals surface area (Å²) in [5.74, 6) is -1.11. The second-order valence-corrected chi connectivity index (χ2v) is 3.82. The minimum absolute atomic E-state index is 0.0298. The van der Waals surface area contributed by atoms with E-state index in [0.29, 0.717) is 5.56 Å². The van der Waals surface area contributed by atoms with Crippen molar-refractivity contribution < 1.29 is 14.8 Å². The van der Waals surface area contributed by atoms with Crippen LogP contribution in [0.3, 0.4) is 0 Å². The van der Waals surface area contributed by atoms with Gasteiger partial charge in [-0.3, -0.25) is 14.9 Å². The van der Waals surface area contributed by atoms with Gasteiger partial charge in [-0.25, -0.2) is 0 Å². The van der Waals surface area contributed by atoms with Gasteiger partial charge in [-0.15, -0.1) is 0 Å². The molecule has 0 amide bonds. The van der Waals surface area contributed by atoms with Crippen LogP contribution in [-0.2, 0) is 11.2 Å². The van der Waals surface area contributed by atoms with Gasteiger partial charge >= 0.3 is 5.97 Å². The van der Waals surface area contributed by atoms with Gasteiger partial charge in [0.2, 0.25) is 0 Å². The molecular formula is C10H12N2O4. The van der Waals surface area contributed by atoms with Gasteiger partial charge in [-0.05, 0) is 12.5 Å². The van der Waals surface area contributed by atoms with Crippen LogP contribution in [-0.4, -0.2) is 21.5 Å². The first-order valence-corrected chi connectivity index (χ1v) is 4.58. The van der Waals surface area contributed by atoms with Crippen LogP contribution >= 0.6 is 0 Å². The Hall–Kier alpha value is -1.95. The second-order valence-electron chi connectivity index (χ2n) is 3.82. The first-order valence-electron chi connectivity index (χ1n) is 4.58. The molecule has 0 aliphatic heterocycles. The summed E-state index contributed by atoms with van der Waals surface area (Å²) in [5, 5.41) is 19.2. The highest BCUT2D eigenvalue weighted by Gasteiger charge is 2.28. The summed E-state index contributed by atoms with van der Waals surface area (Å²) < 4.78 is 0. The molecule has 16 heavy (non-hydrogen) atoms. The number of benzene rings is 1. The molecule has 1 rings (SSSR count). The maximum absolute atomic E-state index is 10.8. The fourth-order valence-electron chi connectivity index (χ4n) is 1.24. The predicted octanol–water partition coefficient (Wildman–Crippen LogP) is 0.939. The van der Waals surface area contributed by atoms with Crippen LogP contribution in [0, 0.1) is 10.1 Å². The van der Waals surface area contributed by atoms with Crippen LogP contribution in [0.4, 0.5) is 5.69 Å². The minimum atomic E-state index is -1.36. The van der Waals surface area contributed by atoms with Crippen molar-refractivity contribution in [2.45, 2.75) is 18.9 Å². The van der Waals surface area contributed by atoms with Gasteiger partial charge in [0.1, 0.15) is 5.54 Å². The van der Waals surface area contributed by atoms with E-state index in [4.69, 9.17) is 10.8 Å². The first kappa shape index (κ1) is 12.1. The van der Waals surface area contributed by atoms with Crippen molar-refractivity contribution in [1.82, 2.24) is 0 Å². The molecule has 3 N–H and O–H groups in total. The number of carboxylic acids is 1. The molecule has 1 aromatic carbocycles. The van der Waals surface area contributed by atoms with Crippen LogP contribution in [0.5, 0.6) is 0 Å². The highest BCUT2D eigenvalue weighted by molar-refractivity contribution is 5.78. The summed E-state index contributed by atoms with van der Waals surface area (Å²) in [6.07, 6.45) is 0.125. The van der Waals surface area contributed by atoms with E-state index >= 15 is 0 Å². The van der Waals surface area contributed by atoms with Crippen LogP contribution in [0.25, 0.3) is 0 Å². The van der Waals surface area contributed by atoms with Crippen molar-refractivity contribution in [3.8, 4) is 0 Å². The molecule has 0 aliphatic rings. The SMILES string of the molecule is C[C@@](N)(Cc1ccc([N+](=O)[O-])cc1)C(=O)O. The van der Waals surface area contributed by atoms with Crippen LogP contribution in [0.2, 0.25) is 0 Å². The average molecular weight is 224 g/mol. The summed E-state index contributed by atoms with van der Waals surface area (Å²) in [6, 6.07) is 5.67. The zero-order chi connectivity index (χ0) is 12.3. The van der Waals surface area contributed by atoms with Crippen LogP contribution in [0.1, 0.15) is 12.5 Å². The molecule has 6 heteroatoms. The van der Waals surface area contributed by atoms with E-state index < -0.39 is 16.4 Å². The first-order chi connectivity index (χ1) is 7.33. The molecule has 0 saturated heterocycles. The quantitative estimate of drug-likeness (QED) is 0.584. The largest absolute Gasteiger partial charge is 0.480 e. The zero-order valence-electron chi connectivity index (χ0n) is 8.71. The van der Waals surface area contributed by atoms with Crippen molar-refractivity contribution in [1.29, 1.82) is 0 Å². The average Bonchev–Trinajstić information content (AvgIpc) is 2.17. The third kappa shape index (κ3) is 2.77. The predicted molar refractivity (Wildman–Crippen MR) is 57.0 cm³/mol. The second kappa shape index (κ2) is 4.28. The molecule has 0 aliphatic carbocycles. The Balaban J connectivity index is 2.84. The summed E-state index contributed by atoms with van der Waals surface area (Å²) >= 11 is 0. The van der Waals surface area contributed by atoms with E-state index in [9.17, 15) is 14.9 Å². The number of nitro groups is 1. The molecule has 0 aromatic heterocycles. The number of nitrogens with zero attached hydrogens (tertiary/aromatic N) is 1. The van der Waals surface area contributed by atoms with Crippen molar-refractivity contribution in [2.75, 3.05) is 0 Å². The molecule has 0 spiro atoms. The fraction of sp³-hybridized carbons (Fsp3) is 0.300. The smallest absolute Gasteiger partial charge is 0.323 e. The Morgan fingerprint density at radius 1 is 1.50 bits per heavy atom. The highest BCUT2D eigenvalue weighted by Crippen LogP contribution is 2.16. The number of nitro benzene ring substituents is 1. The monoisotopic (exact) mass is 224 g/mol. The normalized spacial score (nSPS) is 14.1. The maximum atomic E-state index is 10.8. The van der Waals surface area contributed by atoms with E-state index in [0.717, 1.165) is 0 Å². The van der Waals surface area contributed by atoms with Gasteiger partial charge in [0.15, 0.2) is 0 Å².